The zero-order valence-electron chi connectivity index (χ0n) is 17.3. The maximum atomic E-state index is 13.4. The van der Waals surface area contributed by atoms with Gasteiger partial charge in [-0.3, -0.25) is 4.98 Å². The number of sulfonamides is 1. The van der Waals surface area contributed by atoms with E-state index in [1.54, 1.807) is 34.9 Å². The maximum Gasteiger partial charge on any atom is 0.243 e. The summed E-state index contributed by atoms with van der Waals surface area (Å²) in [6, 6.07) is 8.68. The van der Waals surface area contributed by atoms with Gasteiger partial charge < -0.3 is 14.0 Å². The van der Waals surface area contributed by atoms with Crippen LogP contribution >= 0.6 is 0 Å². The van der Waals surface area contributed by atoms with Gasteiger partial charge in [0.25, 0.3) is 0 Å². The van der Waals surface area contributed by atoms with Gasteiger partial charge in [-0.05, 0) is 44.0 Å². The standard InChI is InChI=1S/C22H24N4O4S/c1-16-13-24-22(17-4-2-8-23-14-17)26(16)18-5-3-9-25(15-18)31(27,28)19-6-7-20-21(12-19)30-11-10-29-20/h2,4,6-8,12-14,18H,3,5,9-11,15H2,1H3. The van der Waals surface area contributed by atoms with Gasteiger partial charge in [-0.15, -0.1) is 0 Å². The minimum atomic E-state index is -3.66. The second-order valence-corrected chi connectivity index (χ2v) is 9.74. The molecule has 0 radical (unpaired) electrons. The van der Waals surface area contributed by atoms with Crippen molar-refractivity contribution in [2.45, 2.75) is 30.7 Å². The molecule has 2 aliphatic rings. The summed E-state index contributed by atoms with van der Waals surface area (Å²) in [6.45, 7) is 3.77. The van der Waals surface area contributed by atoms with Crippen LogP contribution in [0.3, 0.4) is 0 Å². The number of hydrogen-bond acceptors (Lipinski definition) is 6. The van der Waals surface area contributed by atoms with E-state index in [0.29, 0.717) is 37.8 Å². The molecule has 2 aliphatic heterocycles. The minimum Gasteiger partial charge on any atom is -0.486 e. The van der Waals surface area contributed by atoms with Crippen molar-refractivity contribution in [2.75, 3.05) is 26.3 Å². The molecular weight excluding hydrogens is 416 g/mol. The van der Waals surface area contributed by atoms with Crippen molar-refractivity contribution in [3.8, 4) is 22.9 Å². The number of hydrogen-bond donors (Lipinski definition) is 0. The fraction of sp³-hybridized carbons (Fsp3) is 0.364. The average Bonchev–Trinajstić information content (AvgIpc) is 3.20. The van der Waals surface area contributed by atoms with Crippen LogP contribution in [-0.2, 0) is 10.0 Å². The van der Waals surface area contributed by atoms with Gasteiger partial charge in [-0.1, -0.05) is 0 Å². The van der Waals surface area contributed by atoms with Crippen molar-refractivity contribution in [2.24, 2.45) is 0 Å². The summed E-state index contributed by atoms with van der Waals surface area (Å²) in [7, 11) is -3.66. The normalized spacial score (nSPS) is 19.3. The number of nitrogens with zero attached hydrogens (tertiary/aromatic N) is 4. The number of piperidine rings is 1. The molecule has 0 bridgehead atoms. The number of imidazole rings is 1. The lowest BCUT2D eigenvalue weighted by Gasteiger charge is -2.34. The van der Waals surface area contributed by atoms with E-state index in [4.69, 9.17) is 9.47 Å². The Kier molecular flexibility index (Phi) is 5.15. The summed E-state index contributed by atoms with van der Waals surface area (Å²) in [4.78, 5) is 9.01. The number of fused-ring (bicyclic) bond motifs is 1. The zero-order valence-corrected chi connectivity index (χ0v) is 18.1. The molecule has 162 valence electrons. The van der Waals surface area contributed by atoms with Crippen LogP contribution < -0.4 is 9.47 Å². The molecule has 0 amide bonds. The first-order chi connectivity index (χ1) is 15.0. The maximum absolute atomic E-state index is 13.4. The third-order valence-corrected chi connectivity index (χ3v) is 7.64. The number of ether oxygens (including phenoxy) is 2. The van der Waals surface area contributed by atoms with E-state index >= 15 is 0 Å². The zero-order chi connectivity index (χ0) is 21.4. The molecular formula is C22H24N4O4S. The number of benzene rings is 1. The van der Waals surface area contributed by atoms with Crippen LogP contribution in [0.2, 0.25) is 0 Å². The highest BCUT2D eigenvalue weighted by Crippen LogP contribution is 2.35. The number of aromatic nitrogens is 3. The predicted molar refractivity (Wildman–Crippen MR) is 115 cm³/mol. The lowest BCUT2D eigenvalue weighted by molar-refractivity contribution is 0.171. The summed E-state index contributed by atoms with van der Waals surface area (Å²) >= 11 is 0. The highest BCUT2D eigenvalue weighted by atomic mass is 32.2. The first-order valence-electron chi connectivity index (χ1n) is 10.4. The number of pyridine rings is 1. The molecule has 0 saturated carbocycles. The van der Waals surface area contributed by atoms with Crippen LogP contribution in [0, 0.1) is 6.92 Å². The minimum absolute atomic E-state index is 0.00144. The molecule has 31 heavy (non-hydrogen) atoms. The fourth-order valence-electron chi connectivity index (χ4n) is 4.30. The van der Waals surface area contributed by atoms with Gasteiger partial charge in [0, 0.05) is 55.0 Å². The van der Waals surface area contributed by atoms with Crippen LogP contribution in [-0.4, -0.2) is 53.6 Å². The number of aryl methyl sites for hydroxylation is 1. The Hall–Kier alpha value is -2.91. The summed E-state index contributed by atoms with van der Waals surface area (Å²) in [5, 5.41) is 0. The van der Waals surface area contributed by atoms with Gasteiger partial charge in [-0.2, -0.15) is 4.31 Å². The van der Waals surface area contributed by atoms with Gasteiger partial charge in [0.15, 0.2) is 11.5 Å². The predicted octanol–water partition coefficient (Wildman–Crippen LogP) is 3.05. The van der Waals surface area contributed by atoms with Crippen molar-refractivity contribution in [3.05, 3.63) is 54.6 Å². The van der Waals surface area contributed by atoms with Crippen LogP contribution in [0.25, 0.3) is 11.4 Å². The lowest BCUT2D eigenvalue weighted by atomic mass is 10.1. The average molecular weight is 441 g/mol. The second kappa shape index (κ2) is 7.97. The van der Waals surface area contributed by atoms with Crippen LogP contribution in [0.4, 0.5) is 0 Å². The van der Waals surface area contributed by atoms with E-state index in [1.807, 2.05) is 25.3 Å². The molecule has 1 saturated heterocycles. The number of rotatable bonds is 4. The molecule has 1 unspecified atom stereocenters. The van der Waals surface area contributed by atoms with Gasteiger partial charge >= 0.3 is 0 Å². The molecule has 0 aliphatic carbocycles. The molecule has 2 aromatic heterocycles. The van der Waals surface area contributed by atoms with Crippen LogP contribution in [0.1, 0.15) is 24.6 Å². The van der Waals surface area contributed by atoms with Gasteiger partial charge in [0.05, 0.1) is 4.90 Å². The van der Waals surface area contributed by atoms with Crippen LogP contribution in [0.15, 0.2) is 53.8 Å². The topological polar surface area (TPSA) is 86.6 Å². The lowest BCUT2D eigenvalue weighted by Crippen LogP contribution is -2.41. The molecule has 3 aromatic rings. The van der Waals surface area contributed by atoms with E-state index in [2.05, 4.69) is 14.5 Å². The second-order valence-electron chi connectivity index (χ2n) is 7.80. The third-order valence-electron chi connectivity index (χ3n) is 5.78. The molecule has 5 rings (SSSR count). The van der Waals surface area contributed by atoms with Crippen molar-refractivity contribution in [1.82, 2.24) is 18.8 Å². The van der Waals surface area contributed by atoms with Crippen LogP contribution in [0.5, 0.6) is 11.5 Å². The summed E-state index contributed by atoms with van der Waals surface area (Å²) in [5.41, 5.74) is 1.92. The van der Waals surface area contributed by atoms with E-state index in [-0.39, 0.29) is 10.9 Å². The third kappa shape index (κ3) is 3.68. The molecule has 9 heteroatoms. The highest BCUT2D eigenvalue weighted by Gasteiger charge is 2.33. The molecule has 1 aromatic carbocycles. The van der Waals surface area contributed by atoms with Crippen molar-refractivity contribution >= 4 is 10.0 Å². The van der Waals surface area contributed by atoms with E-state index < -0.39 is 10.0 Å². The Labute approximate surface area is 181 Å². The Morgan fingerprint density at radius 3 is 2.74 bits per heavy atom. The van der Waals surface area contributed by atoms with E-state index in [9.17, 15) is 8.42 Å². The Balaban J connectivity index is 1.44. The first kappa shape index (κ1) is 20.0. The smallest absolute Gasteiger partial charge is 0.243 e. The van der Waals surface area contributed by atoms with Gasteiger partial charge in [0.1, 0.15) is 19.0 Å². The van der Waals surface area contributed by atoms with E-state index in [1.165, 1.54) is 0 Å². The molecule has 8 nitrogen and oxygen atoms in total. The molecule has 0 spiro atoms. The molecule has 0 N–H and O–H groups in total. The summed E-state index contributed by atoms with van der Waals surface area (Å²) in [6.07, 6.45) is 7.00. The highest BCUT2D eigenvalue weighted by molar-refractivity contribution is 7.89. The largest absolute Gasteiger partial charge is 0.486 e. The first-order valence-corrected chi connectivity index (χ1v) is 11.8. The van der Waals surface area contributed by atoms with Crippen molar-refractivity contribution in [3.63, 3.8) is 0 Å². The fourth-order valence-corrected chi connectivity index (χ4v) is 5.83. The Morgan fingerprint density at radius 1 is 1.10 bits per heavy atom. The van der Waals surface area contributed by atoms with Gasteiger partial charge in [-0.25, -0.2) is 13.4 Å². The van der Waals surface area contributed by atoms with E-state index in [0.717, 1.165) is 29.9 Å². The van der Waals surface area contributed by atoms with Crippen molar-refractivity contribution in [1.29, 1.82) is 0 Å². The molecule has 4 heterocycles. The monoisotopic (exact) mass is 440 g/mol. The van der Waals surface area contributed by atoms with Gasteiger partial charge in [0.2, 0.25) is 10.0 Å². The Bertz CT molecular complexity index is 1190. The summed E-state index contributed by atoms with van der Waals surface area (Å²) in [5.74, 6) is 1.87. The quantitative estimate of drug-likeness (QED) is 0.620. The van der Waals surface area contributed by atoms with Crippen molar-refractivity contribution < 1.29 is 17.9 Å². The molecule has 1 fully saturated rings. The molecule has 1 atom stereocenters. The SMILES string of the molecule is Cc1cnc(-c2cccnc2)n1C1CCCN(S(=O)(=O)c2ccc3c(c2)OCCO3)C1. The Morgan fingerprint density at radius 2 is 1.94 bits per heavy atom. The summed E-state index contributed by atoms with van der Waals surface area (Å²) < 4.78 is 41.7.